The fourth-order valence-electron chi connectivity index (χ4n) is 4.74. The minimum absolute atomic E-state index is 0.141. The monoisotopic (exact) mass is 488 g/mol. The third-order valence-corrected chi connectivity index (χ3v) is 8.39. The van der Waals surface area contributed by atoms with Crippen LogP contribution in [0, 0.1) is 11.2 Å². The number of aryl methyl sites for hydroxylation is 1. The van der Waals surface area contributed by atoms with Gasteiger partial charge in [-0.2, -0.15) is 12.6 Å². The van der Waals surface area contributed by atoms with Gasteiger partial charge in [-0.05, 0) is 80.4 Å². The molecule has 1 aliphatic rings. The Labute approximate surface area is 203 Å². The number of rotatable bonds is 9. The van der Waals surface area contributed by atoms with E-state index < -0.39 is 11.4 Å². The summed E-state index contributed by atoms with van der Waals surface area (Å²) in [5, 5.41) is 13.0. The van der Waals surface area contributed by atoms with E-state index in [2.05, 4.69) is 21.3 Å². The zero-order valence-electron chi connectivity index (χ0n) is 18.7. The number of carboxylic acids is 1. The van der Waals surface area contributed by atoms with Crippen LogP contribution in [0.4, 0.5) is 4.39 Å². The van der Waals surface area contributed by atoms with E-state index >= 15 is 0 Å². The summed E-state index contributed by atoms with van der Waals surface area (Å²) in [6, 6.07) is 9.54. The molecule has 4 rings (SSSR count). The lowest BCUT2D eigenvalue weighted by Gasteiger charge is -2.39. The fraction of sp³-hybridized carbons (Fsp3) is 0.440. The number of likely N-dealkylation sites (tertiary alicyclic amines) is 1. The predicted octanol–water partition coefficient (Wildman–Crippen LogP) is 5.60. The number of piperidine rings is 1. The van der Waals surface area contributed by atoms with E-state index in [0.717, 1.165) is 25.0 Å². The van der Waals surface area contributed by atoms with Crippen molar-refractivity contribution in [2.45, 2.75) is 37.4 Å². The molecule has 5 nitrogen and oxygen atoms in total. The van der Waals surface area contributed by atoms with Crippen LogP contribution in [0.1, 0.15) is 41.4 Å². The van der Waals surface area contributed by atoms with E-state index in [1.54, 1.807) is 30.6 Å². The molecule has 1 N–H and O–H groups in total. The lowest BCUT2D eigenvalue weighted by atomic mass is 9.74. The van der Waals surface area contributed by atoms with Gasteiger partial charge in [-0.3, -0.25) is 9.78 Å². The summed E-state index contributed by atoms with van der Waals surface area (Å²) < 4.78 is 19.9. The molecule has 0 spiro atoms. The van der Waals surface area contributed by atoms with Gasteiger partial charge in [0.1, 0.15) is 11.6 Å². The van der Waals surface area contributed by atoms with Crippen LogP contribution in [-0.4, -0.2) is 47.7 Å². The normalized spacial score (nSPS) is 17.2. The zero-order valence-corrected chi connectivity index (χ0v) is 20.4. The van der Waals surface area contributed by atoms with Gasteiger partial charge in [0.15, 0.2) is 0 Å². The summed E-state index contributed by atoms with van der Waals surface area (Å²) in [4.78, 5) is 20.0. The maximum Gasteiger partial charge on any atom is 0.309 e. The Morgan fingerprint density at radius 2 is 2.15 bits per heavy atom. The number of ether oxygens (including phenoxy) is 1. The summed E-state index contributed by atoms with van der Waals surface area (Å²) in [5.41, 5.74) is 0.522. The average molecular weight is 489 g/mol. The Morgan fingerprint density at radius 3 is 2.82 bits per heavy atom. The molecule has 3 aromatic rings. The number of thiophene rings is 1. The number of hydrogen-bond acceptors (Lipinski definition) is 6. The quantitative estimate of drug-likeness (QED) is 0.384. The fourth-order valence-corrected chi connectivity index (χ4v) is 5.94. The predicted molar refractivity (Wildman–Crippen MR) is 133 cm³/mol. The van der Waals surface area contributed by atoms with E-state index in [-0.39, 0.29) is 11.1 Å². The molecular formula is C25H29FN2O3S2. The Kier molecular flexibility index (Phi) is 7.56. The molecule has 1 atom stereocenters. The second-order valence-electron chi connectivity index (χ2n) is 8.74. The molecule has 3 heterocycles. The number of aromatic nitrogens is 1. The molecular weight excluding hydrogens is 459 g/mol. The van der Waals surface area contributed by atoms with Crippen molar-refractivity contribution in [3.63, 3.8) is 0 Å². The summed E-state index contributed by atoms with van der Waals surface area (Å²) in [7, 11) is 1.58. The second-order valence-corrected chi connectivity index (χ2v) is 10.3. The number of thiol groups is 1. The number of hydrogen-bond donors (Lipinski definition) is 2. The lowest BCUT2D eigenvalue weighted by Crippen LogP contribution is -2.45. The van der Waals surface area contributed by atoms with Crippen LogP contribution in [0.25, 0.3) is 10.9 Å². The average Bonchev–Trinajstić information content (AvgIpc) is 3.36. The van der Waals surface area contributed by atoms with Crippen molar-refractivity contribution in [2.24, 2.45) is 5.41 Å². The summed E-state index contributed by atoms with van der Waals surface area (Å²) >= 11 is 6.43. The number of benzene rings is 1. The van der Waals surface area contributed by atoms with E-state index in [1.165, 1.54) is 11.1 Å². The molecule has 33 heavy (non-hydrogen) atoms. The highest BCUT2D eigenvalue weighted by molar-refractivity contribution is 7.80. The molecule has 1 unspecified atom stereocenters. The van der Waals surface area contributed by atoms with Gasteiger partial charge in [-0.25, -0.2) is 4.39 Å². The largest absolute Gasteiger partial charge is 0.497 e. The van der Waals surface area contributed by atoms with E-state index in [1.807, 2.05) is 12.1 Å². The number of nitrogens with zero attached hydrogens (tertiary/aromatic N) is 2. The first-order chi connectivity index (χ1) is 15.9. The van der Waals surface area contributed by atoms with Gasteiger partial charge in [-0.15, -0.1) is 11.3 Å². The van der Waals surface area contributed by atoms with Crippen LogP contribution >= 0.6 is 24.0 Å². The van der Waals surface area contributed by atoms with Crippen molar-refractivity contribution < 1.29 is 19.0 Å². The second kappa shape index (κ2) is 10.4. The first-order valence-electron chi connectivity index (χ1n) is 11.2. The number of carboxylic acid groups (broad SMARTS) is 1. The van der Waals surface area contributed by atoms with Crippen molar-refractivity contribution in [1.29, 1.82) is 0 Å². The molecule has 1 aliphatic heterocycles. The van der Waals surface area contributed by atoms with Gasteiger partial charge >= 0.3 is 5.97 Å². The van der Waals surface area contributed by atoms with E-state index in [9.17, 15) is 14.3 Å². The molecule has 8 heteroatoms. The van der Waals surface area contributed by atoms with Crippen LogP contribution in [-0.2, 0) is 11.2 Å². The van der Waals surface area contributed by atoms with Crippen LogP contribution < -0.4 is 4.74 Å². The summed E-state index contributed by atoms with van der Waals surface area (Å²) in [6.45, 7) is 2.28. The van der Waals surface area contributed by atoms with Gasteiger partial charge in [-0.1, -0.05) is 6.07 Å². The Bertz CT molecular complexity index is 1100. The molecule has 0 saturated carbocycles. The number of methoxy groups -OCH3 is 1. The highest BCUT2D eigenvalue weighted by Gasteiger charge is 2.41. The van der Waals surface area contributed by atoms with E-state index in [4.69, 9.17) is 17.4 Å². The smallest absolute Gasteiger partial charge is 0.309 e. The van der Waals surface area contributed by atoms with Crippen molar-refractivity contribution in [3.05, 3.63) is 58.2 Å². The van der Waals surface area contributed by atoms with Crippen molar-refractivity contribution in [2.75, 3.05) is 26.7 Å². The highest BCUT2D eigenvalue weighted by Crippen LogP contribution is 2.38. The molecule has 176 valence electrons. The molecule has 2 aromatic heterocycles. The Morgan fingerprint density at radius 1 is 1.36 bits per heavy atom. The van der Waals surface area contributed by atoms with Crippen LogP contribution in [0.5, 0.6) is 5.75 Å². The molecule has 1 aromatic carbocycles. The number of carbonyl (C=O) groups is 1. The number of halogens is 1. The lowest BCUT2D eigenvalue weighted by molar-refractivity contribution is -0.152. The van der Waals surface area contributed by atoms with Gasteiger partial charge < -0.3 is 14.7 Å². The van der Waals surface area contributed by atoms with Crippen molar-refractivity contribution in [1.82, 2.24) is 9.88 Å². The first kappa shape index (κ1) is 24.0. The minimum Gasteiger partial charge on any atom is -0.497 e. The third kappa shape index (κ3) is 5.34. The summed E-state index contributed by atoms with van der Waals surface area (Å²) in [6.07, 6.45) is 4.04. The Hall–Kier alpha value is -2.16. The van der Waals surface area contributed by atoms with Gasteiger partial charge in [0, 0.05) is 22.1 Å². The standard InChI is InChI=1S/C25H29FN2O3S2/c1-31-17-6-7-21-19(14-17)18(20(26)15-27-21)4-2-8-25(24(29)30)9-11-28(12-10-25)16-22(32)23-5-3-13-33-23/h3,5-7,13-15,22,32H,2,4,8-12,16H2,1H3,(H,29,30). The maximum absolute atomic E-state index is 14.6. The van der Waals surface area contributed by atoms with Crippen LogP contribution in [0.2, 0.25) is 0 Å². The SMILES string of the molecule is COc1ccc2ncc(F)c(CCCC3(C(=O)O)CCN(CC(S)c4cccs4)CC3)c2c1. The van der Waals surface area contributed by atoms with Crippen molar-refractivity contribution in [3.8, 4) is 5.75 Å². The number of aliphatic carboxylic acids is 1. The summed E-state index contributed by atoms with van der Waals surface area (Å²) in [5.74, 6) is -0.455. The molecule has 0 bridgehead atoms. The van der Waals surface area contributed by atoms with Gasteiger partial charge in [0.25, 0.3) is 0 Å². The molecule has 0 amide bonds. The van der Waals surface area contributed by atoms with Crippen molar-refractivity contribution >= 4 is 40.8 Å². The van der Waals surface area contributed by atoms with Gasteiger partial charge in [0.2, 0.25) is 0 Å². The highest BCUT2D eigenvalue weighted by atomic mass is 32.1. The topological polar surface area (TPSA) is 62.7 Å². The van der Waals surface area contributed by atoms with Gasteiger partial charge in [0.05, 0.1) is 24.2 Å². The third-order valence-electron chi connectivity index (χ3n) is 6.79. The molecule has 1 saturated heterocycles. The first-order valence-corrected chi connectivity index (χ1v) is 12.6. The number of fused-ring (bicyclic) bond motifs is 1. The van der Waals surface area contributed by atoms with Crippen LogP contribution in [0.15, 0.2) is 41.9 Å². The number of pyridine rings is 1. The molecule has 0 radical (unpaired) electrons. The molecule has 1 fully saturated rings. The zero-order chi connectivity index (χ0) is 23.4. The minimum atomic E-state index is -0.761. The van der Waals surface area contributed by atoms with Crippen LogP contribution in [0.3, 0.4) is 0 Å². The van der Waals surface area contributed by atoms with E-state index in [0.29, 0.717) is 48.9 Å². The Balaban J connectivity index is 1.40. The molecule has 0 aliphatic carbocycles. The maximum atomic E-state index is 14.6.